The molecule has 0 spiro atoms. The zero-order valence-electron chi connectivity index (χ0n) is 15.2. The Bertz CT molecular complexity index is 713. The van der Waals surface area contributed by atoms with E-state index in [0.717, 1.165) is 22.6 Å². The Kier molecular flexibility index (Phi) is 5.85. The van der Waals surface area contributed by atoms with E-state index in [2.05, 4.69) is 0 Å². The highest BCUT2D eigenvalue weighted by Gasteiger charge is 2.32. The highest BCUT2D eigenvalue weighted by molar-refractivity contribution is 7.89. The Hall–Kier alpha value is -0.920. The van der Waals surface area contributed by atoms with Gasteiger partial charge in [0, 0.05) is 42.4 Å². The van der Waals surface area contributed by atoms with E-state index < -0.39 is 10.0 Å². The standard InChI is InChI=1S/C18H28N2O3S2/c1-14-12-17(15(2)24-14)25(22,23)20-10-8-19(9-11-20)18(21)13-16-6-4-3-5-7-16/h12,16H,3-11,13H2,1-2H3. The minimum Gasteiger partial charge on any atom is -0.340 e. The van der Waals surface area contributed by atoms with Crippen molar-refractivity contribution in [3.05, 3.63) is 15.8 Å². The number of piperazine rings is 1. The Labute approximate surface area is 155 Å². The minimum atomic E-state index is -3.44. The monoisotopic (exact) mass is 384 g/mol. The predicted octanol–water partition coefficient (Wildman–Crippen LogP) is 3.17. The topological polar surface area (TPSA) is 57.7 Å². The molecule has 0 aromatic carbocycles. The van der Waals surface area contributed by atoms with Crippen LogP contribution >= 0.6 is 11.3 Å². The molecule has 0 bridgehead atoms. The number of hydrogen-bond acceptors (Lipinski definition) is 4. The number of nitrogens with zero attached hydrogens (tertiary/aromatic N) is 2. The molecule has 1 aromatic rings. The van der Waals surface area contributed by atoms with Crippen LogP contribution in [-0.2, 0) is 14.8 Å². The molecule has 0 N–H and O–H groups in total. The van der Waals surface area contributed by atoms with E-state index in [1.807, 2.05) is 18.7 Å². The van der Waals surface area contributed by atoms with Crippen molar-refractivity contribution in [2.45, 2.75) is 57.3 Å². The third-order valence-corrected chi connectivity index (χ3v) is 8.51. The van der Waals surface area contributed by atoms with Gasteiger partial charge in [0.1, 0.15) is 0 Å². The molecule has 2 aliphatic rings. The number of aryl methyl sites for hydroxylation is 2. The van der Waals surface area contributed by atoms with E-state index in [4.69, 9.17) is 0 Å². The first-order valence-corrected chi connectivity index (χ1v) is 11.5. The van der Waals surface area contributed by atoms with E-state index in [1.54, 1.807) is 6.07 Å². The van der Waals surface area contributed by atoms with Crippen LogP contribution in [-0.4, -0.2) is 49.7 Å². The second-order valence-electron chi connectivity index (χ2n) is 7.27. The van der Waals surface area contributed by atoms with E-state index in [9.17, 15) is 13.2 Å². The SMILES string of the molecule is Cc1cc(S(=O)(=O)N2CCN(C(=O)CC3CCCCC3)CC2)c(C)s1. The van der Waals surface area contributed by atoms with Crippen molar-refractivity contribution in [3.8, 4) is 0 Å². The van der Waals surface area contributed by atoms with Crippen molar-refractivity contribution in [2.24, 2.45) is 5.92 Å². The average molecular weight is 385 g/mol. The van der Waals surface area contributed by atoms with E-state index in [0.29, 0.717) is 43.4 Å². The molecular formula is C18H28N2O3S2. The van der Waals surface area contributed by atoms with Gasteiger partial charge < -0.3 is 4.90 Å². The minimum absolute atomic E-state index is 0.200. The van der Waals surface area contributed by atoms with Crippen molar-refractivity contribution in [3.63, 3.8) is 0 Å². The zero-order valence-corrected chi connectivity index (χ0v) is 16.8. The summed E-state index contributed by atoms with van der Waals surface area (Å²) in [6.07, 6.45) is 6.73. The number of carbonyl (C=O) groups is 1. The van der Waals surface area contributed by atoms with Crippen molar-refractivity contribution < 1.29 is 13.2 Å². The Morgan fingerprint density at radius 3 is 2.32 bits per heavy atom. The van der Waals surface area contributed by atoms with E-state index in [1.165, 1.54) is 34.9 Å². The highest BCUT2D eigenvalue weighted by Crippen LogP contribution is 2.29. The number of carbonyl (C=O) groups excluding carboxylic acids is 1. The molecule has 1 saturated carbocycles. The third-order valence-electron chi connectivity index (χ3n) is 5.39. The fraction of sp³-hybridized carbons (Fsp3) is 0.722. The lowest BCUT2D eigenvalue weighted by molar-refractivity contribution is -0.133. The molecule has 140 valence electrons. The summed E-state index contributed by atoms with van der Waals surface area (Å²) in [6.45, 7) is 5.59. The smallest absolute Gasteiger partial charge is 0.244 e. The molecule has 25 heavy (non-hydrogen) atoms. The van der Waals surface area contributed by atoms with Crippen LogP contribution in [0.5, 0.6) is 0 Å². The first-order valence-electron chi connectivity index (χ1n) is 9.23. The first-order chi connectivity index (χ1) is 11.9. The number of sulfonamides is 1. The average Bonchev–Trinajstić information content (AvgIpc) is 2.95. The van der Waals surface area contributed by atoms with Crippen LogP contribution in [0.3, 0.4) is 0 Å². The Balaban J connectivity index is 1.57. The Morgan fingerprint density at radius 2 is 1.76 bits per heavy atom. The van der Waals surface area contributed by atoms with Crippen LogP contribution in [0.2, 0.25) is 0 Å². The van der Waals surface area contributed by atoms with Gasteiger partial charge in [0.25, 0.3) is 0 Å². The normalized spacial score (nSPS) is 20.8. The number of rotatable bonds is 4. The molecule has 5 nitrogen and oxygen atoms in total. The molecule has 2 heterocycles. The lowest BCUT2D eigenvalue weighted by Gasteiger charge is -2.35. The molecular weight excluding hydrogens is 356 g/mol. The molecule has 3 rings (SSSR count). The summed E-state index contributed by atoms with van der Waals surface area (Å²) in [7, 11) is -3.44. The van der Waals surface area contributed by atoms with Crippen LogP contribution in [0.25, 0.3) is 0 Å². The van der Waals surface area contributed by atoms with Gasteiger partial charge >= 0.3 is 0 Å². The fourth-order valence-electron chi connectivity index (χ4n) is 3.95. The van der Waals surface area contributed by atoms with Gasteiger partial charge in [-0.15, -0.1) is 11.3 Å². The van der Waals surface area contributed by atoms with Crippen molar-refractivity contribution in [1.82, 2.24) is 9.21 Å². The third kappa shape index (κ3) is 4.26. The molecule has 1 amide bonds. The van der Waals surface area contributed by atoms with Crippen molar-refractivity contribution in [2.75, 3.05) is 26.2 Å². The second-order valence-corrected chi connectivity index (χ2v) is 10.6. The van der Waals surface area contributed by atoms with E-state index >= 15 is 0 Å². The van der Waals surface area contributed by atoms with Gasteiger partial charge in [-0.3, -0.25) is 4.79 Å². The molecule has 1 aliphatic heterocycles. The van der Waals surface area contributed by atoms with Crippen LogP contribution in [0.15, 0.2) is 11.0 Å². The second kappa shape index (κ2) is 7.76. The zero-order chi connectivity index (χ0) is 18.0. The quantitative estimate of drug-likeness (QED) is 0.801. The lowest BCUT2D eigenvalue weighted by Crippen LogP contribution is -2.50. The molecule has 1 aromatic heterocycles. The summed E-state index contributed by atoms with van der Waals surface area (Å²) in [5.41, 5.74) is 0. The maximum atomic E-state index is 12.8. The van der Waals surface area contributed by atoms with Crippen molar-refractivity contribution in [1.29, 1.82) is 0 Å². The van der Waals surface area contributed by atoms with Gasteiger partial charge in [-0.1, -0.05) is 19.3 Å². The molecule has 2 fully saturated rings. The summed E-state index contributed by atoms with van der Waals surface area (Å²) in [5.74, 6) is 0.728. The van der Waals surface area contributed by atoms with Gasteiger partial charge in [-0.2, -0.15) is 4.31 Å². The van der Waals surface area contributed by atoms with E-state index in [-0.39, 0.29) is 5.91 Å². The number of amides is 1. The van der Waals surface area contributed by atoms with Gasteiger partial charge in [0.15, 0.2) is 0 Å². The van der Waals surface area contributed by atoms with Crippen LogP contribution in [0, 0.1) is 19.8 Å². The van der Waals surface area contributed by atoms with Gasteiger partial charge in [0.05, 0.1) is 4.90 Å². The predicted molar refractivity (Wildman–Crippen MR) is 100 cm³/mol. The summed E-state index contributed by atoms with van der Waals surface area (Å²) in [5, 5.41) is 0. The molecule has 0 radical (unpaired) electrons. The molecule has 0 atom stereocenters. The summed E-state index contributed by atoms with van der Waals surface area (Å²) in [6, 6.07) is 1.76. The van der Waals surface area contributed by atoms with Crippen molar-refractivity contribution >= 4 is 27.3 Å². The van der Waals surface area contributed by atoms with Gasteiger partial charge in [0.2, 0.25) is 15.9 Å². The first kappa shape index (κ1) is 18.9. The van der Waals surface area contributed by atoms with Crippen LogP contribution in [0.1, 0.15) is 48.3 Å². The highest BCUT2D eigenvalue weighted by atomic mass is 32.2. The van der Waals surface area contributed by atoms with Crippen LogP contribution in [0.4, 0.5) is 0 Å². The van der Waals surface area contributed by atoms with Crippen LogP contribution < -0.4 is 0 Å². The molecule has 1 saturated heterocycles. The Morgan fingerprint density at radius 1 is 1.12 bits per heavy atom. The summed E-state index contributed by atoms with van der Waals surface area (Å²) < 4.78 is 27.2. The number of hydrogen-bond donors (Lipinski definition) is 0. The summed E-state index contributed by atoms with van der Waals surface area (Å²) in [4.78, 5) is 16.6. The fourth-order valence-corrected chi connectivity index (χ4v) is 6.89. The molecule has 7 heteroatoms. The maximum absolute atomic E-state index is 12.8. The lowest BCUT2D eigenvalue weighted by atomic mass is 9.86. The van der Waals surface area contributed by atoms with Gasteiger partial charge in [-0.25, -0.2) is 8.42 Å². The molecule has 0 unspecified atom stereocenters. The van der Waals surface area contributed by atoms with Gasteiger partial charge in [-0.05, 0) is 38.7 Å². The maximum Gasteiger partial charge on any atom is 0.244 e. The number of thiophene rings is 1. The largest absolute Gasteiger partial charge is 0.340 e. The summed E-state index contributed by atoms with van der Waals surface area (Å²) >= 11 is 1.51. The molecule has 1 aliphatic carbocycles.